The third kappa shape index (κ3) is 4.07. The summed E-state index contributed by atoms with van der Waals surface area (Å²) in [5, 5.41) is 13.3. The van der Waals surface area contributed by atoms with Gasteiger partial charge in [0.2, 0.25) is 0 Å². The minimum atomic E-state index is -0.759. The van der Waals surface area contributed by atoms with E-state index in [0.29, 0.717) is 25.8 Å². The van der Waals surface area contributed by atoms with Crippen LogP contribution < -0.4 is 5.32 Å². The largest absolute Gasteiger partial charge is 0.386 e. The van der Waals surface area contributed by atoms with E-state index in [2.05, 4.69) is 5.32 Å². The first kappa shape index (κ1) is 11.3. The molecule has 1 aliphatic heterocycles. The Kier molecular flexibility index (Phi) is 3.61. The molecule has 4 nitrogen and oxygen atoms in total. The van der Waals surface area contributed by atoms with Gasteiger partial charge in [0, 0.05) is 19.2 Å². The summed E-state index contributed by atoms with van der Waals surface area (Å²) in [5.41, 5.74) is -0.759. The topological polar surface area (TPSA) is 50.7 Å². The Morgan fingerprint density at radius 2 is 2.27 bits per heavy atom. The van der Waals surface area contributed by atoms with E-state index >= 15 is 0 Å². The van der Waals surface area contributed by atoms with E-state index < -0.39 is 5.60 Å². The summed E-state index contributed by atoms with van der Waals surface area (Å²) in [4.78, 5) is 0. The highest BCUT2D eigenvalue weighted by molar-refractivity contribution is 4.85. The number of ether oxygens (including phenoxy) is 2. The van der Waals surface area contributed by atoms with E-state index in [1.54, 1.807) is 0 Å². The lowest BCUT2D eigenvalue weighted by Crippen LogP contribution is -2.43. The predicted molar refractivity (Wildman–Crippen MR) is 56.8 cm³/mol. The monoisotopic (exact) mass is 215 g/mol. The van der Waals surface area contributed by atoms with Crippen molar-refractivity contribution in [3.63, 3.8) is 0 Å². The van der Waals surface area contributed by atoms with Gasteiger partial charge in [-0.05, 0) is 26.2 Å². The standard InChI is InChI=1S/C11H21NO3/c1-11(13,7-12-9-2-3-9)8-15-10-4-5-14-6-10/h9-10,12-13H,2-8H2,1H3. The molecule has 0 spiro atoms. The van der Waals surface area contributed by atoms with Crippen LogP contribution in [0.15, 0.2) is 0 Å². The third-order valence-corrected chi connectivity index (χ3v) is 2.87. The molecule has 0 aromatic heterocycles. The predicted octanol–water partition coefficient (Wildman–Crippen LogP) is 0.295. The molecule has 15 heavy (non-hydrogen) atoms. The lowest BCUT2D eigenvalue weighted by atomic mass is 10.1. The van der Waals surface area contributed by atoms with Crippen LogP contribution in [0.1, 0.15) is 26.2 Å². The molecule has 2 aliphatic rings. The van der Waals surface area contributed by atoms with Crippen LogP contribution >= 0.6 is 0 Å². The Morgan fingerprint density at radius 1 is 1.47 bits per heavy atom. The van der Waals surface area contributed by atoms with Gasteiger partial charge in [-0.25, -0.2) is 0 Å². The summed E-state index contributed by atoms with van der Waals surface area (Å²) < 4.78 is 10.8. The molecule has 4 heteroatoms. The maximum Gasteiger partial charge on any atom is 0.0975 e. The third-order valence-electron chi connectivity index (χ3n) is 2.87. The summed E-state index contributed by atoms with van der Waals surface area (Å²) in [6.07, 6.45) is 3.62. The van der Waals surface area contributed by atoms with Crippen molar-refractivity contribution in [2.75, 3.05) is 26.4 Å². The Morgan fingerprint density at radius 3 is 2.87 bits per heavy atom. The van der Waals surface area contributed by atoms with Crippen LogP contribution in [0.2, 0.25) is 0 Å². The Bertz CT molecular complexity index is 198. The van der Waals surface area contributed by atoms with Crippen molar-refractivity contribution in [3.05, 3.63) is 0 Å². The normalized spacial score (nSPS) is 30.4. The quantitative estimate of drug-likeness (QED) is 0.669. The number of hydrogen-bond acceptors (Lipinski definition) is 4. The molecule has 1 aliphatic carbocycles. The molecule has 0 aromatic carbocycles. The molecule has 2 rings (SSSR count). The zero-order valence-corrected chi connectivity index (χ0v) is 9.37. The van der Waals surface area contributed by atoms with E-state index in [4.69, 9.17) is 9.47 Å². The van der Waals surface area contributed by atoms with Gasteiger partial charge in [-0.3, -0.25) is 0 Å². The molecular formula is C11H21NO3. The van der Waals surface area contributed by atoms with Crippen LogP contribution in [0.4, 0.5) is 0 Å². The molecular weight excluding hydrogens is 194 g/mol. The molecule has 2 N–H and O–H groups in total. The smallest absolute Gasteiger partial charge is 0.0975 e. The molecule has 1 saturated carbocycles. The first-order chi connectivity index (χ1) is 7.16. The number of nitrogens with one attached hydrogen (secondary N) is 1. The zero-order chi connectivity index (χ0) is 10.7. The van der Waals surface area contributed by atoms with Gasteiger partial charge >= 0.3 is 0 Å². The Labute approximate surface area is 90.9 Å². The minimum Gasteiger partial charge on any atom is -0.386 e. The number of hydrogen-bond donors (Lipinski definition) is 2. The lowest BCUT2D eigenvalue weighted by Gasteiger charge is -2.25. The summed E-state index contributed by atoms with van der Waals surface area (Å²) >= 11 is 0. The average molecular weight is 215 g/mol. The summed E-state index contributed by atoms with van der Waals surface area (Å²) in [6.45, 7) is 4.28. The number of rotatable bonds is 6. The van der Waals surface area contributed by atoms with Crippen molar-refractivity contribution >= 4 is 0 Å². The number of aliphatic hydroxyl groups is 1. The van der Waals surface area contributed by atoms with Crippen molar-refractivity contribution in [1.82, 2.24) is 5.32 Å². The van der Waals surface area contributed by atoms with Crippen LogP contribution in [-0.2, 0) is 9.47 Å². The second-order valence-corrected chi connectivity index (χ2v) is 4.95. The van der Waals surface area contributed by atoms with Crippen molar-refractivity contribution in [1.29, 1.82) is 0 Å². The summed E-state index contributed by atoms with van der Waals surface area (Å²) in [6, 6.07) is 0.631. The van der Waals surface area contributed by atoms with Gasteiger partial charge in [0.15, 0.2) is 0 Å². The maximum atomic E-state index is 10.0. The second kappa shape index (κ2) is 4.78. The van der Waals surface area contributed by atoms with Gasteiger partial charge in [-0.2, -0.15) is 0 Å². The summed E-state index contributed by atoms with van der Waals surface area (Å²) in [7, 11) is 0. The molecule has 88 valence electrons. The fourth-order valence-corrected chi connectivity index (χ4v) is 1.64. The SMILES string of the molecule is CC(O)(CNC1CC1)COC1CCOC1. The summed E-state index contributed by atoms with van der Waals surface area (Å²) in [5.74, 6) is 0. The maximum absolute atomic E-state index is 10.0. The van der Waals surface area contributed by atoms with E-state index in [9.17, 15) is 5.11 Å². The van der Waals surface area contributed by atoms with Gasteiger partial charge in [0.1, 0.15) is 0 Å². The van der Waals surface area contributed by atoms with Crippen molar-refractivity contribution in [2.24, 2.45) is 0 Å². The zero-order valence-electron chi connectivity index (χ0n) is 9.37. The molecule has 0 bridgehead atoms. The molecule has 1 heterocycles. The molecule has 0 radical (unpaired) electrons. The minimum absolute atomic E-state index is 0.178. The highest BCUT2D eigenvalue weighted by Gasteiger charge is 2.28. The van der Waals surface area contributed by atoms with Crippen molar-refractivity contribution in [2.45, 2.75) is 43.9 Å². The van der Waals surface area contributed by atoms with E-state index in [0.717, 1.165) is 13.0 Å². The Balaban J connectivity index is 1.61. The fourth-order valence-electron chi connectivity index (χ4n) is 1.64. The van der Waals surface area contributed by atoms with E-state index in [-0.39, 0.29) is 6.10 Å². The van der Waals surface area contributed by atoms with Crippen LogP contribution in [0, 0.1) is 0 Å². The molecule has 0 amide bonds. The Hall–Kier alpha value is -0.160. The average Bonchev–Trinajstić information content (AvgIpc) is 2.88. The lowest BCUT2D eigenvalue weighted by molar-refractivity contribution is -0.0623. The van der Waals surface area contributed by atoms with Gasteiger partial charge in [0.05, 0.1) is 24.9 Å². The van der Waals surface area contributed by atoms with Gasteiger partial charge in [-0.15, -0.1) is 0 Å². The molecule has 2 fully saturated rings. The molecule has 2 unspecified atom stereocenters. The van der Waals surface area contributed by atoms with Crippen LogP contribution in [0.5, 0.6) is 0 Å². The van der Waals surface area contributed by atoms with E-state index in [1.165, 1.54) is 12.8 Å². The van der Waals surface area contributed by atoms with Gasteiger partial charge < -0.3 is 19.9 Å². The fraction of sp³-hybridized carbons (Fsp3) is 1.00. The molecule has 0 aromatic rings. The van der Waals surface area contributed by atoms with Crippen LogP contribution in [0.25, 0.3) is 0 Å². The first-order valence-corrected chi connectivity index (χ1v) is 5.81. The van der Waals surface area contributed by atoms with Gasteiger partial charge in [-0.1, -0.05) is 0 Å². The van der Waals surface area contributed by atoms with Gasteiger partial charge in [0.25, 0.3) is 0 Å². The second-order valence-electron chi connectivity index (χ2n) is 4.95. The van der Waals surface area contributed by atoms with Crippen LogP contribution in [0.3, 0.4) is 0 Å². The highest BCUT2D eigenvalue weighted by Crippen LogP contribution is 2.19. The van der Waals surface area contributed by atoms with Crippen molar-refractivity contribution < 1.29 is 14.6 Å². The van der Waals surface area contributed by atoms with Crippen LogP contribution in [-0.4, -0.2) is 49.2 Å². The molecule has 2 atom stereocenters. The first-order valence-electron chi connectivity index (χ1n) is 5.81. The van der Waals surface area contributed by atoms with E-state index in [1.807, 2.05) is 6.92 Å². The highest BCUT2D eigenvalue weighted by atomic mass is 16.5. The molecule has 1 saturated heterocycles. The van der Waals surface area contributed by atoms with Crippen molar-refractivity contribution in [3.8, 4) is 0 Å².